The van der Waals surface area contributed by atoms with Crippen LogP contribution in [0, 0.1) is 5.41 Å². The summed E-state index contributed by atoms with van der Waals surface area (Å²) in [5, 5.41) is 0.154. The Morgan fingerprint density at radius 2 is 1.53 bits per heavy atom. The van der Waals surface area contributed by atoms with Crippen molar-refractivity contribution in [2.24, 2.45) is 5.41 Å². The Labute approximate surface area is 123 Å². The van der Waals surface area contributed by atoms with E-state index in [-0.39, 0.29) is 16.2 Å². The van der Waals surface area contributed by atoms with Crippen LogP contribution in [0.5, 0.6) is 0 Å². The van der Waals surface area contributed by atoms with Gasteiger partial charge >= 0.3 is 0 Å². The fourth-order valence-electron chi connectivity index (χ4n) is 3.17. The summed E-state index contributed by atoms with van der Waals surface area (Å²) >= 11 is 6.79. The first-order valence-corrected chi connectivity index (χ1v) is 8.01. The first-order valence-electron chi connectivity index (χ1n) is 7.57. The fourth-order valence-corrected chi connectivity index (χ4v) is 3.53. The van der Waals surface area contributed by atoms with Crippen LogP contribution in [-0.2, 0) is 5.41 Å². The number of alkyl halides is 1. The van der Waals surface area contributed by atoms with E-state index in [1.807, 2.05) is 0 Å². The van der Waals surface area contributed by atoms with Crippen LogP contribution in [0.15, 0.2) is 24.3 Å². The molecule has 1 unspecified atom stereocenters. The maximum Gasteiger partial charge on any atom is 0.0638 e. The average Bonchev–Trinajstić information content (AvgIpc) is 2.38. The monoisotopic (exact) mass is 278 g/mol. The second-order valence-electron chi connectivity index (χ2n) is 7.45. The molecule has 1 heteroatoms. The van der Waals surface area contributed by atoms with Crippen molar-refractivity contribution in [3.05, 3.63) is 35.4 Å². The van der Waals surface area contributed by atoms with Crippen molar-refractivity contribution in [2.75, 3.05) is 0 Å². The average molecular weight is 279 g/mol. The van der Waals surface area contributed by atoms with Crippen molar-refractivity contribution in [1.29, 1.82) is 0 Å². The minimum atomic E-state index is 0.154. The number of hydrogen-bond donors (Lipinski definition) is 0. The van der Waals surface area contributed by atoms with Crippen molar-refractivity contribution in [3.63, 3.8) is 0 Å². The molecule has 1 aliphatic carbocycles. The maximum absolute atomic E-state index is 6.79. The first-order chi connectivity index (χ1) is 8.83. The Morgan fingerprint density at radius 3 is 2.00 bits per heavy atom. The molecule has 2 rings (SSSR count). The predicted octanol–water partition coefficient (Wildman–Crippen LogP) is 6.23. The smallest absolute Gasteiger partial charge is 0.0638 e. The van der Waals surface area contributed by atoms with E-state index in [9.17, 15) is 0 Å². The summed E-state index contributed by atoms with van der Waals surface area (Å²) in [6, 6.07) is 8.96. The molecule has 0 amide bonds. The van der Waals surface area contributed by atoms with Crippen LogP contribution in [-0.4, -0.2) is 0 Å². The Kier molecular flexibility index (Phi) is 4.30. The van der Waals surface area contributed by atoms with E-state index in [0.717, 1.165) is 0 Å². The summed E-state index contributed by atoms with van der Waals surface area (Å²) in [5.41, 5.74) is 3.17. The SMILES string of the molecule is CC(C)(C)c1ccc(C(Cl)C2(C)CCCCC2)cc1. The molecular formula is C18H27Cl. The summed E-state index contributed by atoms with van der Waals surface area (Å²) in [4.78, 5) is 0. The highest BCUT2D eigenvalue weighted by Gasteiger charge is 2.35. The normalized spacial score (nSPS) is 21.1. The van der Waals surface area contributed by atoms with Crippen molar-refractivity contribution < 1.29 is 0 Å². The van der Waals surface area contributed by atoms with Gasteiger partial charge < -0.3 is 0 Å². The highest BCUT2D eigenvalue weighted by atomic mass is 35.5. The number of benzene rings is 1. The van der Waals surface area contributed by atoms with E-state index < -0.39 is 0 Å². The topological polar surface area (TPSA) is 0 Å². The Bertz CT molecular complexity index is 404. The van der Waals surface area contributed by atoms with Gasteiger partial charge in [-0.25, -0.2) is 0 Å². The second-order valence-corrected chi connectivity index (χ2v) is 7.89. The highest BCUT2D eigenvalue weighted by molar-refractivity contribution is 6.21. The van der Waals surface area contributed by atoms with Crippen molar-refractivity contribution in [2.45, 2.75) is 70.6 Å². The number of rotatable bonds is 2. The van der Waals surface area contributed by atoms with E-state index in [1.165, 1.54) is 43.2 Å². The lowest BCUT2D eigenvalue weighted by molar-refractivity contribution is 0.206. The Hall–Kier alpha value is -0.490. The molecule has 0 radical (unpaired) electrons. The maximum atomic E-state index is 6.79. The van der Waals surface area contributed by atoms with Gasteiger partial charge in [0.25, 0.3) is 0 Å². The molecule has 1 fully saturated rings. The molecule has 0 heterocycles. The lowest BCUT2D eigenvalue weighted by atomic mass is 9.71. The molecule has 1 aliphatic rings. The zero-order chi connectivity index (χ0) is 14.1. The van der Waals surface area contributed by atoms with Crippen LogP contribution < -0.4 is 0 Å². The standard InChI is InChI=1S/C18H27Cl/c1-17(2,3)15-10-8-14(9-11-15)16(19)18(4)12-6-5-7-13-18/h8-11,16H,5-7,12-13H2,1-4H3. The van der Waals surface area contributed by atoms with Gasteiger partial charge in [-0.1, -0.05) is 71.2 Å². The highest BCUT2D eigenvalue weighted by Crippen LogP contribution is 2.49. The summed E-state index contributed by atoms with van der Waals surface area (Å²) in [7, 11) is 0. The third kappa shape index (κ3) is 3.34. The quantitative estimate of drug-likeness (QED) is 0.562. The molecule has 0 aromatic heterocycles. The molecular weight excluding hydrogens is 252 g/mol. The van der Waals surface area contributed by atoms with E-state index in [0.29, 0.717) is 0 Å². The minimum Gasteiger partial charge on any atom is -0.117 e. The summed E-state index contributed by atoms with van der Waals surface area (Å²) in [6.45, 7) is 9.12. The second kappa shape index (κ2) is 5.48. The zero-order valence-corrected chi connectivity index (χ0v) is 13.6. The summed E-state index contributed by atoms with van der Waals surface area (Å²) in [5.74, 6) is 0. The van der Waals surface area contributed by atoms with Gasteiger partial charge in [0.2, 0.25) is 0 Å². The molecule has 1 saturated carbocycles. The molecule has 0 nitrogen and oxygen atoms in total. The fraction of sp³-hybridized carbons (Fsp3) is 0.667. The molecule has 0 bridgehead atoms. The van der Waals surface area contributed by atoms with E-state index in [1.54, 1.807) is 0 Å². The largest absolute Gasteiger partial charge is 0.117 e. The van der Waals surface area contributed by atoms with Crippen LogP contribution in [0.3, 0.4) is 0 Å². The number of hydrogen-bond acceptors (Lipinski definition) is 0. The van der Waals surface area contributed by atoms with E-state index in [2.05, 4.69) is 52.0 Å². The number of halogens is 1. The molecule has 0 aliphatic heterocycles. The molecule has 0 saturated heterocycles. The Balaban J connectivity index is 2.17. The van der Waals surface area contributed by atoms with E-state index in [4.69, 9.17) is 11.6 Å². The van der Waals surface area contributed by atoms with Crippen molar-refractivity contribution >= 4 is 11.6 Å². The zero-order valence-electron chi connectivity index (χ0n) is 12.8. The van der Waals surface area contributed by atoms with Gasteiger partial charge in [0.1, 0.15) is 0 Å². The molecule has 1 atom stereocenters. The van der Waals surface area contributed by atoms with Crippen LogP contribution in [0.4, 0.5) is 0 Å². The van der Waals surface area contributed by atoms with Gasteiger partial charge in [0.15, 0.2) is 0 Å². The van der Waals surface area contributed by atoms with Crippen molar-refractivity contribution in [1.82, 2.24) is 0 Å². The van der Waals surface area contributed by atoms with Crippen molar-refractivity contribution in [3.8, 4) is 0 Å². The molecule has 106 valence electrons. The lowest BCUT2D eigenvalue weighted by Gasteiger charge is -2.38. The van der Waals surface area contributed by atoms with Gasteiger partial charge in [-0.05, 0) is 34.8 Å². The van der Waals surface area contributed by atoms with Crippen LogP contribution >= 0.6 is 11.6 Å². The van der Waals surface area contributed by atoms with Gasteiger partial charge in [0.05, 0.1) is 5.38 Å². The predicted molar refractivity (Wildman–Crippen MR) is 84.9 cm³/mol. The van der Waals surface area contributed by atoms with Crippen LogP contribution in [0.2, 0.25) is 0 Å². The van der Waals surface area contributed by atoms with E-state index >= 15 is 0 Å². The molecule has 1 aromatic carbocycles. The van der Waals surface area contributed by atoms with Gasteiger partial charge in [-0.3, -0.25) is 0 Å². The molecule has 0 spiro atoms. The van der Waals surface area contributed by atoms with Crippen LogP contribution in [0.1, 0.15) is 76.3 Å². The third-order valence-corrected chi connectivity index (χ3v) is 5.46. The third-order valence-electron chi connectivity index (χ3n) is 4.68. The van der Waals surface area contributed by atoms with Crippen LogP contribution in [0.25, 0.3) is 0 Å². The first kappa shape index (κ1) is 14.9. The molecule has 1 aromatic rings. The summed E-state index contributed by atoms with van der Waals surface area (Å²) < 4.78 is 0. The Morgan fingerprint density at radius 1 is 1.00 bits per heavy atom. The lowest BCUT2D eigenvalue weighted by Crippen LogP contribution is -2.25. The molecule has 19 heavy (non-hydrogen) atoms. The summed E-state index contributed by atoms with van der Waals surface area (Å²) in [6.07, 6.45) is 6.58. The van der Waals surface area contributed by atoms with Gasteiger partial charge in [-0.15, -0.1) is 11.6 Å². The minimum absolute atomic E-state index is 0.154. The van der Waals surface area contributed by atoms with Gasteiger partial charge in [-0.2, -0.15) is 0 Å². The van der Waals surface area contributed by atoms with Gasteiger partial charge in [0, 0.05) is 0 Å². The molecule has 0 N–H and O–H groups in total.